The number of rotatable bonds is 2. The molecule has 5 heteroatoms. The minimum atomic E-state index is 0.498. The highest BCUT2D eigenvalue weighted by Gasteiger charge is 2.25. The summed E-state index contributed by atoms with van der Waals surface area (Å²) in [6, 6.07) is 6.13. The highest BCUT2D eigenvalue weighted by atomic mass is 15.2. The maximum Gasteiger partial charge on any atom is 0.145 e. The Balaban J connectivity index is 1.79. The SMILES string of the molecule is Cc1ccc(N2CCC(c3cnn(C)c3)C2)nc1C#N. The van der Waals surface area contributed by atoms with Crippen molar-refractivity contribution < 1.29 is 0 Å². The summed E-state index contributed by atoms with van der Waals surface area (Å²) in [7, 11) is 1.94. The van der Waals surface area contributed by atoms with Gasteiger partial charge in [-0.2, -0.15) is 10.4 Å². The molecule has 3 rings (SSSR count). The van der Waals surface area contributed by atoms with E-state index in [0.717, 1.165) is 30.9 Å². The van der Waals surface area contributed by atoms with Gasteiger partial charge in [0, 0.05) is 32.3 Å². The van der Waals surface area contributed by atoms with E-state index < -0.39 is 0 Å². The van der Waals surface area contributed by atoms with Gasteiger partial charge < -0.3 is 4.90 Å². The van der Waals surface area contributed by atoms with Crippen LogP contribution in [0.4, 0.5) is 5.82 Å². The highest BCUT2D eigenvalue weighted by Crippen LogP contribution is 2.29. The van der Waals surface area contributed by atoms with Crippen molar-refractivity contribution in [3.05, 3.63) is 41.3 Å². The molecule has 1 saturated heterocycles. The molecule has 0 N–H and O–H groups in total. The van der Waals surface area contributed by atoms with Crippen molar-refractivity contribution in [2.45, 2.75) is 19.3 Å². The van der Waals surface area contributed by atoms with Gasteiger partial charge in [-0.05, 0) is 30.5 Å². The summed E-state index contributed by atoms with van der Waals surface area (Å²) >= 11 is 0. The highest BCUT2D eigenvalue weighted by molar-refractivity contribution is 5.46. The van der Waals surface area contributed by atoms with Crippen molar-refractivity contribution >= 4 is 5.82 Å². The summed E-state index contributed by atoms with van der Waals surface area (Å²) in [5.74, 6) is 1.40. The van der Waals surface area contributed by atoms with Crippen LogP contribution in [0.15, 0.2) is 24.5 Å². The molecule has 1 fully saturated rings. The topological polar surface area (TPSA) is 57.7 Å². The third-order valence-electron chi connectivity index (χ3n) is 3.90. The second-order valence-electron chi connectivity index (χ2n) is 5.33. The number of nitriles is 1. The van der Waals surface area contributed by atoms with Crippen molar-refractivity contribution in [2.24, 2.45) is 7.05 Å². The van der Waals surface area contributed by atoms with Gasteiger partial charge in [0.1, 0.15) is 17.6 Å². The molecule has 3 heterocycles. The molecule has 0 aromatic carbocycles. The third-order valence-corrected chi connectivity index (χ3v) is 3.90. The van der Waals surface area contributed by atoms with Crippen LogP contribution in [-0.4, -0.2) is 27.9 Å². The summed E-state index contributed by atoms with van der Waals surface area (Å²) in [6.45, 7) is 3.82. The first-order valence-corrected chi connectivity index (χ1v) is 6.78. The maximum atomic E-state index is 9.08. The Bertz CT molecular complexity index is 667. The van der Waals surface area contributed by atoms with E-state index in [4.69, 9.17) is 5.26 Å². The molecule has 0 spiro atoms. The van der Waals surface area contributed by atoms with Crippen molar-refractivity contribution in [2.75, 3.05) is 18.0 Å². The van der Waals surface area contributed by atoms with Gasteiger partial charge in [0.15, 0.2) is 0 Å². The summed E-state index contributed by atoms with van der Waals surface area (Å²) < 4.78 is 1.84. The van der Waals surface area contributed by atoms with Gasteiger partial charge in [-0.15, -0.1) is 0 Å². The molecule has 0 amide bonds. The lowest BCUT2D eigenvalue weighted by Gasteiger charge is -2.17. The lowest BCUT2D eigenvalue weighted by molar-refractivity contribution is 0.754. The fourth-order valence-corrected chi connectivity index (χ4v) is 2.70. The maximum absolute atomic E-state index is 9.08. The molecule has 1 unspecified atom stereocenters. The Hall–Kier alpha value is -2.35. The first kappa shape index (κ1) is 12.7. The van der Waals surface area contributed by atoms with Crippen LogP contribution in [-0.2, 0) is 7.05 Å². The molecule has 2 aromatic rings. The summed E-state index contributed by atoms with van der Waals surface area (Å²) in [5.41, 5.74) is 2.73. The zero-order chi connectivity index (χ0) is 14.1. The van der Waals surface area contributed by atoms with Crippen LogP contribution in [0, 0.1) is 18.3 Å². The van der Waals surface area contributed by atoms with E-state index in [1.807, 2.05) is 37.0 Å². The van der Waals surface area contributed by atoms with Gasteiger partial charge in [-0.1, -0.05) is 6.07 Å². The number of aromatic nitrogens is 3. The first-order chi connectivity index (χ1) is 9.67. The van der Waals surface area contributed by atoms with Gasteiger partial charge in [0.25, 0.3) is 0 Å². The monoisotopic (exact) mass is 267 g/mol. The molecule has 0 aliphatic carbocycles. The molecular weight excluding hydrogens is 250 g/mol. The second-order valence-corrected chi connectivity index (χ2v) is 5.33. The Morgan fingerprint density at radius 3 is 2.95 bits per heavy atom. The minimum absolute atomic E-state index is 0.498. The molecule has 20 heavy (non-hydrogen) atoms. The number of aryl methyl sites for hydroxylation is 2. The second kappa shape index (κ2) is 4.97. The summed E-state index contributed by atoms with van der Waals surface area (Å²) in [4.78, 5) is 6.70. The van der Waals surface area contributed by atoms with Gasteiger partial charge in [0.2, 0.25) is 0 Å². The Kier molecular flexibility index (Phi) is 3.15. The van der Waals surface area contributed by atoms with E-state index in [9.17, 15) is 0 Å². The molecule has 5 nitrogen and oxygen atoms in total. The van der Waals surface area contributed by atoms with Crippen LogP contribution in [0.2, 0.25) is 0 Å². The first-order valence-electron chi connectivity index (χ1n) is 6.78. The predicted molar refractivity (Wildman–Crippen MR) is 76.5 cm³/mol. The van der Waals surface area contributed by atoms with Gasteiger partial charge in [-0.25, -0.2) is 4.98 Å². The summed E-state index contributed by atoms with van der Waals surface area (Å²) in [5, 5.41) is 13.3. The molecule has 1 aliphatic rings. The number of hydrogen-bond donors (Lipinski definition) is 0. The van der Waals surface area contributed by atoms with Crippen LogP contribution in [0.1, 0.15) is 29.2 Å². The number of nitrogens with zero attached hydrogens (tertiary/aromatic N) is 5. The van der Waals surface area contributed by atoms with E-state index in [0.29, 0.717) is 11.6 Å². The summed E-state index contributed by atoms with van der Waals surface area (Å²) in [6.07, 6.45) is 5.12. The fraction of sp³-hybridized carbons (Fsp3) is 0.400. The molecule has 102 valence electrons. The van der Waals surface area contributed by atoms with E-state index >= 15 is 0 Å². The Morgan fingerprint density at radius 1 is 1.40 bits per heavy atom. The van der Waals surface area contributed by atoms with Gasteiger partial charge in [0.05, 0.1) is 6.20 Å². The average Bonchev–Trinajstić information content (AvgIpc) is 3.08. The zero-order valence-electron chi connectivity index (χ0n) is 11.7. The lowest BCUT2D eigenvalue weighted by Crippen LogP contribution is -2.20. The lowest BCUT2D eigenvalue weighted by atomic mass is 10.0. The van der Waals surface area contributed by atoms with Crippen molar-refractivity contribution in [1.82, 2.24) is 14.8 Å². The molecule has 1 atom stereocenters. The van der Waals surface area contributed by atoms with Crippen LogP contribution in [0.25, 0.3) is 0 Å². The Labute approximate surface area is 118 Å². The third kappa shape index (κ3) is 2.25. The van der Waals surface area contributed by atoms with Crippen molar-refractivity contribution in [3.8, 4) is 6.07 Å². The van der Waals surface area contributed by atoms with Crippen LogP contribution < -0.4 is 4.90 Å². The van der Waals surface area contributed by atoms with E-state index in [2.05, 4.69) is 27.2 Å². The average molecular weight is 267 g/mol. The van der Waals surface area contributed by atoms with Crippen LogP contribution >= 0.6 is 0 Å². The van der Waals surface area contributed by atoms with Crippen molar-refractivity contribution in [1.29, 1.82) is 5.26 Å². The normalized spacial score (nSPS) is 18.2. The van der Waals surface area contributed by atoms with Crippen LogP contribution in [0.5, 0.6) is 0 Å². The van der Waals surface area contributed by atoms with Gasteiger partial charge >= 0.3 is 0 Å². The zero-order valence-corrected chi connectivity index (χ0v) is 11.7. The predicted octanol–water partition coefficient (Wildman–Crippen LogP) is 1.99. The molecule has 0 saturated carbocycles. The molecule has 0 radical (unpaired) electrons. The molecule has 0 bridgehead atoms. The number of anilines is 1. The minimum Gasteiger partial charge on any atom is -0.356 e. The Morgan fingerprint density at radius 2 is 2.25 bits per heavy atom. The standard InChI is InChI=1S/C15H17N5/c1-11-3-4-15(18-14(11)7-16)20-6-5-12(10-20)13-8-17-19(2)9-13/h3-4,8-9,12H,5-6,10H2,1-2H3. The van der Waals surface area contributed by atoms with E-state index in [-0.39, 0.29) is 0 Å². The van der Waals surface area contributed by atoms with E-state index in [1.54, 1.807) is 0 Å². The van der Waals surface area contributed by atoms with E-state index in [1.165, 1.54) is 5.56 Å². The number of hydrogen-bond acceptors (Lipinski definition) is 4. The molecular formula is C15H17N5. The number of pyridine rings is 1. The molecule has 1 aliphatic heterocycles. The van der Waals surface area contributed by atoms with Crippen LogP contribution in [0.3, 0.4) is 0 Å². The van der Waals surface area contributed by atoms with Crippen molar-refractivity contribution in [3.63, 3.8) is 0 Å². The smallest absolute Gasteiger partial charge is 0.145 e. The quantitative estimate of drug-likeness (QED) is 0.835. The molecule has 2 aromatic heterocycles. The van der Waals surface area contributed by atoms with Gasteiger partial charge in [-0.3, -0.25) is 4.68 Å². The fourth-order valence-electron chi connectivity index (χ4n) is 2.70. The largest absolute Gasteiger partial charge is 0.356 e.